The van der Waals surface area contributed by atoms with E-state index >= 15 is 0 Å². The first-order valence-corrected chi connectivity index (χ1v) is 14.7. The van der Waals surface area contributed by atoms with Gasteiger partial charge in [-0.25, -0.2) is 4.98 Å². The normalized spacial score (nSPS) is 14.2. The molecule has 6 N–H and O–H groups in total. The highest BCUT2D eigenvalue weighted by atomic mass is 16.2. The molecule has 4 aromatic rings. The van der Waals surface area contributed by atoms with E-state index in [4.69, 9.17) is 11.5 Å². The number of guanidine groups is 1. The number of aromatic amines is 1. The van der Waals surface area contributed by atoms with E-state index in [-0.39, 0.29) is 42.6 Å². The van der Waals surface area contributed by atoms with Crippen LogP contribution in [-0.4, -0.2) is 68.9 Å². The van der Waals surface area contributed by atoms with Crippen molar-refractivity contribution in [1.82, 2.24) is 24.6 Å². The average Bonchev–Trinajstić information content (AvgIpc) is 3.46. The van der Waals surface area contributed by atoms with Gasteiger partial charge in [-0.1, -0.05) is 36.4 Å². The number of nitrogens with zero attached hydrogens (tertiary/aromatic N) is 4. The van der Waals surface area contributed by atoms with Gasteiger partial charge < -0.3 is 21.7 Å². The molecule has 1 saturated heterocycles. The summed E-state index contributed by atoms with van der Waals surface area (Å²) in [4.78, 5) is 62.9. The number of carbonyl (C=O) groups excluding carboxylic acids is 3. The number of amides is 1. The second-order valence-corrected chi connectivity index (χ2v) is 10.8. The highest BCUT2D eigenvalue weighted by Gasteiger charge is 2.22. The topological polar surface area (TPSA) is 181 Å². The highest BCUT2D eigenvalue weighted by molar-refractivity contribution is 6.37. The van der Waals surface area contributed by atoms with Crippen molar-refractivity contribution in [2.45, 2.75) is 38.6 Å². The van der Waals surface area contributed by atoms with E-state index in [2.05, 4.69) is 20.3 Å². The maximum absolute atomic E-state index is 13.1. The summed E-state index contributed by atoms with van der Waals surface area (Å²) in [5.41, 5.74) is 14.7. The lowest BCUT2D eigenvalue weighted by Crippen LogP contribution is -2.33. The zero-order valence-corrected chi connectivity index (χ0v) is 24.4. The van der Waals surface area contributed by atoms with Crippen molar-refractivity contribution in [2.75, 3.05) is 26.2 Å². The Hall–Kier alpha value is -5.10. The summed E-state index contributed by atoms with van der Waals surface area (Å²) >= 11 is 0. The number of rotatable bonds is 9. The molecule has 0 aliphatic carbocycles. The van der Waals surface area contributed by atoms with E-state index in [1.165, 1.54) is 0 Å². The fraction of sp³-hybridized carbons (Fsp3) is 0.312. The van der Waals surface area contributed by atoms with Crippen LogP contribution in [-0.2, 0) is 16.1 Å². The van der Waals surface area contributed by atoms with Gasteiger partial charge in [0, 0.05) is 62.5 Å². The number of ketones is 2. The lowest BCUT2D eigenvalue weighted by atomic mass is 10.1. The molecule has 0 radical (unpaired) electrons. The summed E-state index contributed by atoms with van der Waals surface area (Å²) in [6, 6.07) is 14.9. The Kier molecular flexibility index (Phi) is 9.60. The van der Waals surface area contributed by atoms with Crippen LogP contribution in [0, 0.1) is 0 Å². The van der Waals surface area contributed by atoms with E-state index in [1.807, 2.05) is 42.6 Å². The van der Waals surface area contributed by atoms with Crippen LogP contribution in [0.3, 0.4) is 0 Å². The van der Waals surface area contributed by atoms with Crippen molar-refractivity contribution >= 4 is 29.2 Å². The van der Waals surface area contributed by atoms with Gasteiger partial charge in [-0.2, -0.15) is 0 Å². The largest absolute Gasteiger partial charge is 0.370 e. The second-order valence-electron chi connectivity index (χ2n) is 10.8. The molecule has 12 heteroatoms. The van der Waals surface area contributed by atoms with Gasteiger partial charge in [-0.3, -0.25) is 33.6 Å². The SMILES string of the molecule is NC(N)=NCCCNCc1ccc(-c2cn3cc(-c4ccc(C(=O)N5CCCCC(=O)C(=O)CC5)cc4)nc3[nH]c2=O)cc1. The molecule has 0 atom stereocenters. The molecule has 228 valence electrons. The Morgan fingerprint density at radius 2 is 1.64 bits per heavy atom. The number of nitrogens with one attached hydrogen (secondary N) is 2. The predicted molar refractivity (Wildman–Crippen MR) is 168 cm³/mol. The lowest BCUT2D eigenvalue weighted by molar-refractivity contribution is -0.136. The quantitative estimate of drug-likeness (QED) is 0.0982. The number of hydrogen-bond acceptors (Lipinski definition) is 7. The maximum Gasteiger partial charge on any atom is 0.260 e. The van der Waals surface area contributed by atoms with E-state index in [0.717, 1.165) is 29.7 Å². The van der Waals surface area contributed by atoms with E-state index in [1.54, 1.807) is 27.6 Å². The first-order chi connectivity index (χ1) is 21.3. The number of H-pyrrole nitrogens is 1. The van der Waals surface area contributed by atoms with Gasteiger partial charge in [-0.05, 0) is 49.1 Å². The smallest absolute Gasteiger partial charge is 0.260 e. The molecule has 2 aromatic heterocycles. The fourth-order valence-corrected chi connectivity index (χ4v) is 5.13. The monoisotopic (exact) mass is 596 g/mol. The van der Waals surface area contributed by atoms with Crippen LogP contribution in [0.2, 0.25) is 0 Å². The zero-order chi connectivity index (χ0) is 31.1. The summed E-state index contributed by atoms with van der Waals surface area (Å²) < 4.78 is 1.78. The Labute approximate surface area is 254 Å². The summed E-state index contributed by atoms with van der Waals surface area (Å²) in [5, 5.41) is 3.35. The molecule has 0 bridgehead atoms. The third-order valence-corrected chi connectivity index (χ3v) is 7.59. The van der Waals surface area contributed by atoms with Gasteiger partial charge in [0.25, 0.3) is 11.5 Å². The van der Waals surface area contributed by atoms with Gasteiger partial charge in [0.15, 0.2) is 17.5 Å². The minimum Gasteiger partial charge on any atom is -0.370 e. The number of aliphatic imine (C=N–C) groups is 1. The first kappa shape index (κ1) is 30.4. The summed E-state index contributed by atoms with van der Waals surface area (Å²) in [6.07, 6.45) is 5.98. The van der Waals surface area contributed by atoms with Gasteiger partial charge in [0.2, 0.25) is 5.78 Å². The van der Waals surface area contributed by atoms with Crippen molar-refractivity contribution in [3.8, 4) is 22.4 Å². The van der Waals surface area contributed by atoms with Crippen molar-refractivity contribution in [3.05, 3.63) is 82.4 Å². The van der Waals surface area contributed by atoms with Crippen molar-refractivity contribution in [3.63, 3.8) is 0 Å². The molecule has 1 aliphatic rings. The number of fused-ring (bicyclic) bond motifs is 1. The average molecular weight is 597 g/mol. The number of hydrogen-bond donors (Lipinski definition) is 4. The first-order valence-electron chi connectivity index (χ1n) is 14.7. The predicted octanol–water partition coefficient (Wildman–Crippen LogP) is 2.26. The summed E-state index contributed by atoms with van der Waals surface area (Å²) in [5.74, 6) is -0.427. The molecule has 0 unspecified atom stereocenters. The zero-order valence-electron chi connectivity index (χ0n) is 24.4. The molecule has 2 aromatic carbocycles. The van der Waals surface area contributed by atoms with E-state index in [9.17, 15) is 19.2 Å². The van der Waals surface area contributed by atoms with Crippen molar-refractivity contribution in [2.24, 2.45) is 16.5 Å². The molecule has 1 aliphatic heterocycles. The van der Waals surface area contributed by atoms with Crippen molar-refractivity contribution < 1.29 is 14.4 Å². The highest BCUT2D eigenvalue weighted by Crippen LogP contribution is 2.22. The lowest BCUT2D eigenvalue weighted by Gasteiger charge is -2.21. The molecular weight excluding hydrogens is 560 g/mol. The molecule has 3 heterocycles. The molecule has 44 heavy (non-hydrogen) atoms. The van der Waals surface area contributed by atoms with Gasteiger partial charge in [0.05, 0.1) is 11.3 Å². The van der Waals surface area contributed by atoms with E-state index < -0.39 is 5.78 Å². The standard InChI is InChI=1S/C32H36N8O4/c33-31(34)36-15-3-14-35-18-21-5-7-22(8-6-21)25-19-40-20-26(37-32(40)38-29(25)43)23-9-11-24(12-10-23)30(44)39-16-2-1-4-27(41)28(42)13-17-39/h5-12,19-20,35H,1-4,13-18H2,(H4,33,34,36)(H,37,38,43). The Bertz CT molecular complexity index is 1730. The second kappa shape index (κ2) is 13.9. The third kappa shape index (κ3) is 7.45. The maximum atomic E-state index is 13.1. The molecular formula is C32H36N8O4. The van der Waals surface area contributed by atoms with Gasteiger partial charge >= 0.3 is 0 Å². The Morgan fingerprint density at radius 3 is 2.39 bits per heavy atom. The third-order valence-electron chi connectivity index (χ3n) is 7.59. The van der Waals surface area contributed by atoms with Crippen LogP contribution >= 0.6 is 0 Å². The van der Waals surface area contributed by atoms with E-state index in [0.29, 0.717) is 55.1 Å². The summed E-state index contributed by atoms with van der Waals surface area (Å²) in [7, 11) is 0. The minimum absolute atomic E-state index is 0.0498. The van der Waals surface area contributed by atoms with Crippen LogP contribution < -0.4 is 22.3 Å². The fourth-order valence-electron chi connectivity index (χ4n) is 5.13. The molecule has 1 amide bonds. The van der Waals surface area contributed by atoms with Gasteiger partial charge in [-0.15, -0.1) is 0 Å². The van der Waals surface area contributed by atoms with Crippen molar-refractivity contribution in [1.29, 1.82) is 0 Å². The molecule has 0 spiro atoms. The summed E-state index contributed by atoms with van der Waals surface area (Å²) in [6.45, 7) is 2.78. The number of benzene rings is 2. The Balaban J connectivity index is 1.25. The number of imidazole rings is 1. The number of nitrogens with two attached hydrogens (primary N) is 2. The van der Waals surface area contributed by atoms with Gasteiger partial charge in [0.1, 0.15) is 0 Å². The molecule has 0 saturated carbocycles. The molecule has 1 fully saturated rings. The van der Waals surface area contributed by atoms with Crippen LogP contribution in [0.5, 0.6) is 0 Å². The number of carbonyl (C=O) groups is 3. The molecule has 5 rings (SSSR count). The number of aromatic nitrogens is 3. The van der Waals surface area contributed by atoms with Crippen LogP contribution in [0.25, 0.3) is 28.2 Å². The van der Waals surface area contributed by atoms with Crippen LogP contribution in [0.1, 0.15) is 48.0 Å². The van der Waals surface area contributed by atoms with Crippen LogP contribution in [0.15, 0.2) is 70.7 Å². The molecule has 12 nitrogen and oxygen atoms in total. The Morgan fingerprint density at radius 1 is 0.909 bits per heavy atom. The minimum atomic E-state index is -0.411. The number of Topliss-reactive ketones (excluding diaryl/α,β-unsaturated/α-hetero) is 2. The van der Waals surface area contributed by atoms with Crippen LogP contribution in [0.4, 0.5) is 0 Å².